The van der Waals surface area contributed by atoms with Crippen LogP contribution in [0, 0.1) is 0 Å². The zero-order valence-corrected chi connectivity index (χ0v) is 8.47. The summed E-state index contributed by atoms with van der Waals surface area (Å²) in [7, 11) is 0. The summed E-state index contributed by atoms with van der Waals surface area (Å²) in [6.45, 7) is 0. The quantitative estimate of drug-likeness (QED) is 0.744. The summed E-state index contributed by atoms with van der Waals surface area (Å²) < 4.78 is 29.5. The first-order valence-electron chi connectivity index (χ1n) is 4.45. The van der Waals surface area contributed by atoms with Crippen molar-refractivity contribution < 1.29 is 13.5 Å². The van der Waals surface area contributed by atoms with Crippen LogP contribution in [0.15, 0.2) is 30.4 Å². The van der Waals surface area contributed by atoms with Gasteiger partial charge < -0.3 is 4.74 Å². The average Bonchev–Trinajstić information content (AvgIpc) is 2.83. The van der Waals surface area contributed by atoms with Crippen molar-refractivity contribution in [1.29, 1.82) is 0 Å². The molecule has 1 saturated carbocycles. The van der Waals surface area contributed by atoms with E-state index in [1.807, 2.05) is 0 Å². The fraction of sp³-hybridized carbons (Fsp3) is 0.300. The highest BCUT2D eigenvalue weighted by Gasteiger charge is 2.45. The van der Waals surface area contributed by atoms with Crippen LogP contribution in [0.5, 0.6) is 5.88 Å². The Kier molecular flexibility index (Phi) is 2.61. The van der Waals surface area contributed by atoms with Crippen LogP contribution in [0.3, 0.4) is 0 Å². The van der Waals surface area contributed by atoms with Crippen LogP contribution in [-0.4, -0.2) is 10.6 Å². The molecule has 1 heterocycles. The van der Waals surface area contributed by atoms with Crippen molar-refractivity contribution in [3.05, 3.63) is 35.5 Å². The number of nitrogens with zero attached hydrogens (tertiary/aromatic N) is 1. The van der Waals surface area contributed by atoms with Gasteiger partial charge in [-0.05, 0) is 18.9 Å². The Balaban J connectivity index is 2.12. The van der Waals surface area contributed by atoms with E-state index in [9.17, 15) is 8.78 Å². The van der Waals surface area contributed by atoms with Gasteiger partial charge in [-0.15, -0.1) is 0 Å². The van der Waals surface area contributed by atoms with Crippen molar-refractivity contribution in [2.45, 2.75) is 18.4 Å². The lowest BCUT2D eigenvalue weighted by Crippen LogP contribution is -2.15. The average molecular weight is 232 g/mol. The summed E-state index contributed by atoms with van der Waals surface area (Å²) in [5.41, 5.74) is -0.865. The highest BCUT2D eigenvalue weighted by molar-refractivity contribution is 6.29. The molecule has 1 aromatic heterocycles. The fourth-order valence-electron chi connectivity index (χ4n) is 1.25. The van der Waals surface area contributed by atoms with Gasteiger partial charge in [-0.25, -0.2) is 4.98 Å². The maximum Gasteiger partial charge on any atom is 0.270 e. The Morgan fingerprint density at radius 1 is 1.47 bits per heavy atom. The highest BCUT2D eigenvalue weighted by atomic mass is 35.5. The topological polar surface area (TPSA) is 22.1 Å². The van der Waals surface area contributed by atoms with Gasteiger partial charge in [0, 0.05) is 12.1 Å². The van der Waals surface area contributed by atoms with E-state index in [1.165, 1.54) is 0 Å². The summed E-state index contributed by atoms with van der Waals surface area (Å²) in [6, 6.07) is 4.85. The number of hydrogen-bond acceptors (Lipinski definition) is 2. The Hall–Kier alpha value is -1.16. The van der Waals surface area contributed by atoms with Crippen molar-refractivity contribution in [1.82, 2.24) is 4.98 Å². The van der Waals surface area contributed by atoms with E-state index >= 15 is 0 Å². The van der Waals surface area contributed by atoms with E-state index in [0.29, 0.717) is 12.8 Å². The van der Waals surface area contributed by atoms with Gasteiger partial charge in [-0.2, -0.15) is 8.78 Å². The highest BCUT2D eigenvalue weighted by Crippen LogP contribution is 2.42. The van der Waals surface area contributed by atoms with E-state index in [-0.39, 0.29) is 11.0 Å². The number of halogens is 3. The van der Waals surface area contributed by atoms with Crippen LogP contribution >= 0.6 is 11.6 Å². The molecular weight excluding hydrogens is 224 g/mol. The molecule has 2 nitrogen and oxygen atoms in total. The van der Waals surface area contributed by atoms with Gasteiger partial charge in [0.05, 0.1) is 0 Å². The first-order valence-corrected chi connectivity index (χ1v) is 4.83. The predicted octanol–water partition coefficient (Wildman–Crippen LogP) is 3.43. The molecule has 0 aliphatic heterocycles. The lowest BCUT2D eigenvalue weighted by molar-refractivity contribution is 0.212. The van der Waals surface area contributed by atoms with Gasteiger partial charge in [0.2, 0.25) is 5.88 Å². The Morgan fingerprint density at radius 3 is 2.73 bits per heavy atom. The molecule has 0 N–H and O–H groups in total. The molecule has 0 aromatic carbocycles. The van der Waals surface area contributed by atoms with Crippen LogP contribution in [0.2, 0.25) is 5.15 Å². The first-order chi connectivity index (χ1) is 7.10. The van der Waals surface area contributed by atoms with Crippen molar-refractivity contribution in [3.8, 4) is 5.88 Å². The van der Waals surface area contributed by atoms with Crippen LogP contribution < -0.4 is 4.74 Å². The van der Waals surface area contributed by atoms with E-state index in [2.05, 4.69) is 4.98 Å². The minimum atomic E-state index is -1.73. The molecule has 1 fully saturated rings. The fourth-order valence-corrected chi connectivity index (χ4v) is 1.41. The molecule has 1 aliphatic carbocycles. The lowest BCUT2D eigenvalue weighted by atomic mass is 10.3. The number of hydrogen-bond donors (Lipinski definition) is 0. The molecule has 15 heavy (non-hydrogen) atoms. The van der Waals surface area contributed by atoms with Crippen LogP contribution in [-0.2, 0) is 0 Å². The zero-order chi connectivity index (χ0) is 10.9. The van der Waals surface area contributed by atoms with E-state index in [1.54, 1.807) is 18.2 Å². The number of rotatable bonds is 3. The summed E-state index contributed by atoms with van der Waals surface area (Å²) in [5.74, 6) is 0.275. The molecule has 0 spiro atoms. The van der Waals surface area contributed by atoms with Gasteiger partial charge in [0.25, 0.3) is 6.08 Å². The van der Waals surface area contributed by atoms with Crippen LogP contribution in [0.4, 0.5) is 8.78 Å². The summed E-state index contributed by atoms with van der Waals surface area (Å²) >= 11 is 5.65. The second-order valence-corrected chi connectivity index (χ2v) is 3.79. The Labute approximate surface area is 90.5 Å². The van der Waals surface area contributed by atoms with Crippen molar-refractivity contribution >= 4 is 11.6 Å². The Bertz CT molecular complexity index is 400. The normalized spacial score (nSPS) is 17.0. The second-order valence-electron chi connectivity index (χ2n) is 3.40. The van der Waals surface area contributed by atoms with Gasteiger partial charge in [-0.1, -0.05) is 17.7 Å². The molecule has 0 bridgehead atoms. The molecule has 0 amide bonds. The lowest BCUT2D eigenvalue weighted by Gasteiger charge is -2.12. The zero-order valence-electron chi connectivity index (χ0n) is 7.71. The minimum absolute atomic E-state index is 0.275. The summed E-state index contributed by atoms with van der Waals surface area (Å²) in [5, 5.41) is 0.285. The molecule has 0 radical (unpaired) electrons. The smallest absolute Gasteiger partial charge is 0.270 e. The molecule has 0 saturated heterocycles. The van der Waals surface area contributed by atoms with Crippen LogP contribution in [0.1, 0.15) is 12.8 Å². The SMILES string of the molecule is FC(F)=CC1(Oc2cccc(Cl)n2)CC1. The van der Waals surface area contributed by atoms with E-state index in [0.717, 1.165) is 6.08 Å². The minimum Gasteiger partial charge on any atom is -0.467 e. The van der Waals surface area contributed by atoms with Gasteiger partial charge in [0.15, 0.2) is 0 Å². The number of ether oxygens (including phenoxy) is 1. The molecule has 2 rings (SSSR count). The number of pyridine rings is 1. The third-order valence-electron chi connectivity index (χ3n) is 2.11. The molecule has 1 aliphatic rings. The maximum absolute atomic E-state index is 12.1. The Morgan fingerprint density at radius 2 is 2.20 bits per heavy atom. The van der Waals surface area contributed by atoms with E-state index in [4.69, 9.17) is 16.3 Å². The molecule has 0 unspecified atom stereocenters. The van der Waals surface area contributed by atoms with Crippen molar-refractivity contribution in [2.75, 3.05) is 0 Å². The standard InChI is InChI=1S/C10H8ClF2NO/c11-7-2-1-3-9(14-7)15-10(4-5-10)6-8(12)13/h1-3,6H,4-5H2. The third-order valence-corrected chi connectivity index (χ3v) is 2.32. The van der Waals surface area contributed by atoms with Gasteiger partial charge in [0.1, 0.15) is 10.8 Å². The van der Waals surface area contributed by atoms with Crippen molar-refractivity contribution in [2.24, 2.45) is 0 Å². The predicted molar refractivity (Wildman–Crippen MR) is 52.1 cm³/mol. The number of aromatic nitrogens is 1. The second kappa shape index (κ2) is 3.77. The molecular formula is C10H8ClF2NO. The third kappa shape index (κ3) is 2.65. The molecule has 1 aromatic rings. The summed E-state index contributed by atoms with van der Waals surface area (Å²) in [6.07, 6.45) is 0.265. The summed E-state index contributed by atoms with van der Waals surface area (Å²) in [4.78, 5) is 3.87. The monoisotopic (exact) mass is 231 g/mol. The van der Waals surface area contributed by atoms with Gasteiger partial charge >= 0.3 is 0 Å². The first kappa shape index (κ1) is 10.4. The maximum atomic E-state index is 12.1. The van der Waals surface area contributed by atoms with Crippen LogP contribution in [0.25, 0.3) is 0 Å². The van der Waals surface area contributed by atoms with E-state index < -0.39 is 11.7 Å². The molecule has 0 atom stereocenters. The van der Waals surface area contributed by atoms with Crippen molar-refractivity contribution in [3.63, 3.8) is 0 Å². The molecule has 80 valence electrons. The largest absolute Gasteiger partial charge is 0.467 e. The molecule has 5 heteroatoms. The van der Waals surface area contributed by atoms with Gasteiger partial charge in [-0.3, -0.25) is 0 Å².